The van der Waals surface area contributed by atoms with Crippen molar-refractivity contribution in [1.82, 2.24) is 5.32 Å². The monoisotopic (exact) mass is 293 g/mol. The Morgan fingerprint density at radius 3 is 2.39 bits per heavy atom. The molecule has 1 aromatic carbocycles. The van der Waals surface area contributed by atoms with E-state index in [9.17, 15) is 9.50 Å². The van der Waals surface area contributed by atoms with E-state index >= 15 is 0 Å². The van der Waals surface area contributed by atoms with Crippen LogP contribution in [0.2, 0.25) is 10.0 Å². The summed E-state index contributed by atoms with van der Waals surface area (Å²) < 4.78 is 13.4. The maximum absolute atomic E-state index is 13.4. The average Bonchev–Trinajstić information content (AvgIpc) is 2.21. The highest BCUT2D eigenvalue weighted by molar-refractivity contribution is 6.35. The summed E-state index contributed by atoms with van der Waals surface area (Å²) in [6, 6.07) is 2.75. The highest BCUT2D eigenvalue weighted by Gasteiger charge is 2.16. The van der Waals surface area contributed by atoms with Gasteiger partial charge in [0.25, 0.3) is 0 Å². The van der Waals surface area contributed by atoms with Gasteiger partial charge in [0.05, 0.1) is 11.1 Å². The Hall–Kier alpha value is -0.350. The van der Waals surface area contributed by atoms with Crippen LogP contribution in [0.5, 0.6) is 0 Å². The molecule has 18 heavy (non-hydrogen) atoms. The van der Waals surface area contributed by atoms with Gasteiger partial charge in [0.15, 0.2) is 0 Å². The predicted octanol–water partition coefficient (Wildman–Crippen LogP) is 3.94. The van der Waals surface area contributed by atoms with Gasteiger partial charge in [0, 0.05) is 17.1 Å². The molecule has 1 aromatic rings. The molecule has 1 rings (SSSR count). The van der Waals surface area contributed by atoms with E-state index in [1.165, 1.54) is 12.1 Å². The number of hydrogen-bond acceptors (Lipinski definition) is 2. The molecule has 3 unspecified atom stereocenters. The highest BCUT2D eigenvalue weighted by atomic mass is 35.5. The molecule has 0 amide bonds. The first-order chi connectivity index (χ1) is 8.31. The van der Waals surface area contributed by atoms with Gasteiger partial charge >= 0.3 is 0 Å². The Morgan fingerprint density at radius 1 is 1.22 bits per heavy atom. The molecule has 0 aliphatic heterocycles. The van der Waals surface area contributed by atoms with E-state index < -0.39 is 5.82 Å². The summed E-state index contributed by atoms with van der Waals surface area (Å²) in [7, 11) is 0. The van der Waals surface area contributed by atoms with Crippen LogP contribution in [-0.2, 0) is 0 Å². The van der Waals surface area contributed by atoms with Crippen molar-refractivity contribution in [3.8, 4) is 0 Å². The molecule has 0 saturated heterocycles. The zero-order valence-electron chi connectivity index (χ0n) is 10.7. The molecule has 3 atom stereocenters. The van der Waals surface area contributed by atoms with Crippen LogP contribution in [0.4, 0.5) is 4.39 Å². The summed E-state index contributed by atoms with van der Waals surface area (Å²) >= 11 is 11.7. The molecule has 0 bridgehead atoms. The molecule has 2 N–H and O–H groups in total. The molecule has 5 heteroatoms. The molecule has 0 aliphatic carbocycles. The van der Waals surface area contributed by atoms with Crippen LogP contribution >= 0.6 is 23.2 Å². The van der Waals surface area contributed by atoms with Crippen LogP contribution in [0.3, 0.4) is 0 Å². The van der Waals surface area contributed by atoms with E-state index in [1.54, 1.807) is 6.92 Å². The molecule has 2 nitrogen and oxygen atoms in total. The standard InChI is InChI=1S/C13H18Cl2FNO/c1-7(4-8(2)18)17-9(3)10-5-13(16)12(15)6-11(10)14/h5-9,17-18H,4H2,1-3H3. The predicted molar refractivity (Wildman–Crippen MR) is 73.7 cm³/mol. The van der Waals surface area contributed by atoms with Gasteiger partial charge in [-0.2, -0.15) is 0 Å². The smallest absolute Gasteiger partial charge is 0.142 e. The van der Waals surface area contributed by atoms with Crippen molar-refractivity contribution < 1.29 is 9.50 Å². The summed E-state index contributed by atoms with van der Waals surface area (Å²) in [5, 5.41) is 13.0. The van der Waals surface area contributed by atoms with Gasteiger partial charge in [-0.05, 0) is 44.9 Å². The van der Waals surface area contributed by atoms with E-state index in [2.05, 4.69) is 5.32 Å². The second-order valence-electron chi connectivity index (χ2n) is 4.66. The van der Waals surface area contributed by atoms with Crippen molar-refractivity contribution in [3.63, 3.8) is 0 Å². The van der Waals surface area contributed by atoms with E-state index in [-0.39, 0.29) is 23.2 Å². The van der Waals surface area contributed by atoms with E-state index in [0.29, 0.717) is 17.0 Å². The Labute approximate surface area is 117 Å². The van der Waals surface area contributed by atoms with E-state index in [4.69, 9.17) is 23.2 Å². The van der Waals surface area contributed by atoms with Crippen LogP contribution < -0.4 is 5.32 Å². The van der Waals surface area contributed by atoms with Crippen LogP contribution in [0.25, 0.3) is 0 Å². The molecule has 0 spiro atoms. The SMILES string of the molecule is CC(O)CC(C)NC(C)c1cc(F)c(Cl)cc1Cl. The second kappa shape index (κ2) is 6.71. The third-order valence-corrected chi connectivity index (χ3v) is 3.35. The molecule has 0 saturated carbocycles. The Morgan fingerprint density at radius 2 is 1.83 bits per heavy atom. The zero-order valence-corrected chi connectivity index (χ0v) is 12.2. The fraction of sp³-hybridized carbons (Fsp3) is 0.538. The molecule has 0 radical (unpaired) electrons. The Balaban J connectivity index is 2.78. The van der Waals surface area contributed by atoms with Crippen molar-refractivity contribution in [1.29, 1.82) is 0 Å². The van der Waals surface area contributed by atoms with E-state index in [0.717, 1.165) is 0 Å². The highest BCUT2D eigenvalue weighted by Crippen LogP contribution is 2.28. The zero-order chi connectivity index (χ0) is 13.9. The molecule has 102 valence electrons. The summed E-state index contributed by atoms with van der Waals surface area (Å²) in [6.07, 6.45) is 0.245. The van der Waals surface area contributed by atoms with Crippen LogP contribution in [0.15, 0.2) is 12.1 Å². The van der Waals surface area contributed by atoms with Gasteiger partial charge < -0.3 is 10.4 Å². The normalized spacial score (nSPS) is 16.4. The summed E-state index contributed by atoms with van der Waals surface area (Å²) in [4.78, 5) is 0. The number of benzene rings is 1. The van der Waals surface area contributed by atoms with Crippen molar-refractivity contribution in [3.05, 3.63) is 33.6 Å². The van der Waals surface area contributed by atoms with Gasteiger partial charge in [0.1, 0.15) is 5.82 Å². The number of hydrogen-bond donors (Lipinski definition) is 2. The number of aliphatic hydroxyl groups is 1. The second-order valence-corrected chi connectivity index (χ2v) is 5.48. The quantitative estimate of drug-likeness (QED) is 0.806. The van der Waals surface area contributed by atoms with Gasteiger partial charge in [-0.15, -0.1) is 0 Å². The minimum Gasteiger partial charge on any atom is -0.393 e. The van der Waals surface area contributed by atoms with Gasteiger partial charge in [-0.1, -0.05) is 23.2 Å². The maximum Gasteiger partial charge on any atom is 0.142 e. The lowest BCUT2D eigenvalue weighted by atomic mass is 10.1. The van der Waals surface area contributed by atoms with Gasteiger partial charge in [-0.3, -0.25) is 0 Å². The third kappa shape index (κ3) is 4.39. The summed E-state index contributed by atoms with van der Waals surface area (Å²) in [5.74, 6) is -0.479. The number of aliphatic hydroxyl groups excluding tert-OH is 1. The number of halogens is 3. The number of nitrogens with one attached hydrogen (secondary N) is 1. The Bertz CT molecular complexity index is 412. The summed E-state index contributed by atoms with van der Waals surface area (Å²) in [5.41, 5.74) is 0.663. The van der Waals surface area contributed by atoms with Gasteiger partial charge in [-0.25, -0.2) is 4.39 Å². The topological polar surface area (TPSA) is 32.3 Å². The lowest BCUT2D eigenvalue weighted by Gasteiger charge is -2.22. The molecule has 0 aliphatic rings. The van der Waals surface area contributed by atoms with Crippen LogP contribution in [0, 0.1) is 5.82 Å². The first kappa shape index (κ1) is 15.7. The van der Waals surface area contributed by atoms with E-state index in [1.807, 2.05) is 13.8 Å². The molecule has 0 aromatic heterocycles. The maximum atomic E-state index is 13.4. The Kier molecular flexibility index (Phi) is 5.86. The summed E-state index contributed by atoms with van der Waals surface area (Å²) in [6.45, 7) is 5.59. The average molecular weight is 294 g/mol. The van der Waals surface area contributed by atoms with Crippen molar-refractivity contribution in [2.75, 3.05) is 0 Å². The lowest BCUT2D eigenvalue weighted by Crippen LogP contribution is -2.31. The molecule has 0 fully saturated rings. The van der Waals surface area contributed by atoms with Crippen LogP contribution in [-0.4, -0.2) is 17.3 Å². The first-order valence-corrected chi connectivity index (χ1v) is 6.65. The largest absolute Gasteiger partial charge is 0.393 e. The molecular formula is C13H18Cl2FNO. The first-order valence-electron chi connectivity index (χ1n) is 5.89. The molecular weight excluding hydrogens is 276 g/mol. The third-order valence-electron chi connectivity index (χ3n) is 2.74. The fourth-order valence-electron chi connectivity index (χ4n) is 1.97. The fourth-order valence-corrected chi connectivity index (χ4v) is 2.51. The minimum atomic E-state index is -0.479. The van der Waals surface area contributed by atoms with Crippen molar-refractivity contribution in [2.45, 2.75) is 45.4 Å². The van der Waals surface area contributed by atoms with Crippen molar-refractivity contribution in [2.24, 2.45) is 0 Å². The van der Waals surface area contributed by atoms with Crippen LogP contribution in [0.1, 0.15) is 38.8 Å². The van der Waals surface area contributed by atoms with Gasteiger partial charge in [0.2, 0.25) is 0 Å². The number of rotatable bonds is 5. The molecule has 0 heterocycles. The lowest BCUT2D eigenvalue weighted by molar-refractivity contribution is 0.168. The van der Waals surface area contributed by atoms with Crippen molar-refractivity contribution >= 4 is 23.2 Å². The minimum absolute atomic E-state index is 0.0213.